The van der Waals surface area contributed by atoms with Gasteiger partial charge in [0.1, 0.15) is 11.1 Å². The average molecular weight is 1200 g/mol. The Morgan fingerprint density at radius 1 is 0.348 bits per heavy atom. The van der Waals surface area contributed by atoms with Crippen molar-refractivity contribution >= 4 is 90.2 Å². The summed E-state index contributed by atoms with van der Waals surface area (Å²) in [5.74, 6) is -0.0762. The Balaban J connectivity index is 1.15. The minimum absolute atomic E-state index is 0.00532. The van der Waals surface area contributed by atoms with Crippen molar-refractivity contribution in [1.82, 2.24) is 4.57 Å². The van der Waals surface area contributed by atoms with Gasteiger partial charge in [-0.15, -0.1) is 0 Å². The quantitative estimate of drug-likeness (QED) is 0.112. The fourth-order valence-electron chi connectivity index (χ4n) is 14.6. The van der Waals surface area contributed by atoms with Crippen LogP contribution in [0.15, 0.2) is 217 Å². The van der Waals surface area contributed by atoms with Gasteiger partial charge in [-0.05, 0) is 177 Å². The molecule has 4 heterocycles. The van der Waals surface area contributed by atoms with Crippen LogP contribution in [0.25, 0.3) is 49.8 Å². The van der Waals surface area contributed by atoms with E-state index in [9.17, 15) is 0 Å². The molecule has 462 valence electrons. The Bertz CT molecular complexity index is 4710. The van der Waals surface area contributed by atoms with E-state index in [0.717, 1.165) is 61.6 Å². The van der Waals surface area contributed by atoms with Gasteiger partial charge in [0, 0.05) is 50.7 Å². The zero-order chi connectivity index (χ0) is 64.9. The van der Waals surface area contributed by atoms with Crippen molar-refractivity contribution in [3.63, 3.8) is 0 Å². The van der Waals surface area contributed by atoms with Crippen LogP contribution in [0.4, 0.5) is 34.1 Å². The highest BCUT2D eigenvalue weighted by atomic mass is 16.3. The molecule has 0 bridgehead atoms. The van der Waals surface area contributed by atoms with Crippen molar-refractivity contribution in [2.45, 2.75) is 163 Å². The molecule has 0 atom stereocenters. The van der Waals surface area contributed by atoms with Crippen LogP contribution in [0, 0.1) is 0 Å². The van der Waals surface area contributed by atoms with Gasteiger partial charge in [-0.25, -0.2) is 0 Å². The zero-order valence-electron chi connectivity index (χ0n) is 57.6. The fraction of sp³-hybridized carbons (Fsp3) is 0.287. The first-order chi connectivity index (χ1) is 43.4. The molecule has 2 aliphatic heterocycles. The predicted molar refractivity (Wildman–Crippen MR) is 396 cm³/mol. The summed E-state index contributed by atoms with van der Waals surface area (Å²) in [7, 11) is 0. The molecule has 0 amide bonds. The van der Waals surface area contributed by atoms with E-state index >= 15 is 0 Å². The molecule has 0 spiro atoms. The summed E-state index contributed by atoms with van der Waals surface area (Å²) in [5, 5.41) is 2.25. The van der Waals surface area contributed by atoms with Crippen LogP contribution in [0.2, 0.25) is 0 Å². The summed E-state index contributed by atoms with van der Waals surface area (Å²) >= 11 is 0. The van der Waals surface area contributed by atoms with Crippen LogP contribution in [0.5, 0.6) is 0 Å². The lowest BCUT2D eigenvalue weighted by Gasteiger charge is -2.43. The maximum Gasteiger partial charge on any atom is 0.252 e. The maximum atomic E-state index is 7.22. The number of para-hydroxylation sites is 1. The fourth-order valence-corrected chi connectivity index (χ4v) is 14.6. The molecule has 4 nitrogen and oxygen atoms in total. The third-order valence-electron chi connectivity index (χ3n) is 20.1. The molecule has 2 aliphatic rings. The SMILES string of the molecule is CC(C)(C)c1ccc(C(c2ccc(C(C)(C)C)cc2)c2ccc3c(c2)N(c2ccc(C(C)(C)C)cc2-c2ccccc2)c2cc(N(c4ccc(C(C)(C)C)cc4)c4ccc(C(C)(C)C)cc4)cc4c2B3c2cc(C(C)(C)C)cc3c5oc6ccccc6c5n-4c23)cc1. The maximum absolute atomic E-state index is 7.22. The van der Waals surface area contributed by atoms with E-state index in [0.29, 0.717) is 0 Å². The van der Waals surface area contributed by atoms with Gasteiger partial charge in [-0.2, -0.15) is 0 Å². The number of aromatic nitrogens is 1. The molecule has 0 N–H and O–H groups in total. The summed E-state index contributed by atoms with van der Waals surface area (Å²) in [5.41, 5.74) is 29.4. The number of hydrogen-bond acceptors (Lipinski definition) is 3. The van der Waals surface area contributed by atoms with Crippen LogP contribution >= 0.6 is 0 Å². The van der Waals surface area contributed by atoms with Crippen LogP contribution < -0.4 is 26.2 Å². The molecule has 14 rings (SSSR count). The third kappa shape index (κ3) is 10.4. The summed E-state index contributed by atoms with van der Waals surface area (Å²) in [4.78, 5) is 5.19. The lowest BCUT2D eigenvalue weighted by Crippen LogP contribution is -2.60. The van der Waals surface area contributed by atoms with Gasteiger partial charge in [-0.1, -0.05) is 264 Å². The van der Waals surface area contributed by atoms with E-state index in [1.165, 1.54) is 88.8 Å². The lowest BCUT2D eigenvalue weighted by molar-refractivity contribution is 0.589. The number of anilines is 6. The zero-order valence-corrected chi connectivity index (χ0v) is 57.6. The Morgan fingerprint density at radius 2 is 0.826 bits per heavy atom. The first kappa shape index (κ1) is 60.8. The van der Waals surface area contributed by atoms with E-state index in [1.54, 1.807) is 0 Å². The summed E-state index contributed by atoms with van der Waals surface area (Å²) in [6, 6.07) is 82.5. The second-order valence-electron chi connectivity index (χ2n) is 32.8. The van der Waals surface area contributed by atoms with Crippen LogP contribution in [0.1, 0.15) is 181 Å². The third-order valence-corrected chi connectivity index (χ3v) is 20.1. The van der Waals surface area contributed by atoms with Crippen molar-refractivity contribution in [2.75, 3.05) is 9.80 Å². The van der Waals surface area contributed by atoms with E-state index in [4.69, 9.17) is 4.42 Å². The highest BCUT2D eigenvalue weighted by Crippen LogP contribution is 2.51. The van der Waals surface area contributed by atoms with E-state index in [-0.39, 0.29) is 45.1 Å². The van der Waals surface area contributed by atoms with Crippen molar-refractivity contribution in [1.29, 1.82) is 0 Å². The normalized spacial score (nSPS) is 13.6. The highest BCUT2D eigenvalue weighted by Gasteiger charge is 2.45. The van der Waals surface area contributed by atoms with Gasteiger partial charge in [0.15, 0.2) is 5.58 Å². The summed E-state index contributed by atoms with van der Waals surface area (Å²) in [6.45, 7) is 41.6. The Morgan fingerprint density at radius 3 is 1.36 bits per heavy atom. The van der Waals surface area contributed by atoms with Crippen molar-refractivity contribution < 1.29 is 4.42 Å². The Kier molecular flexibility index (Phi) is 14.1. The standard InChI is InChI=1S/C87H90BN3O/c1-82(2,3)58-33-28-55(29-34-58)77(56-30-35-59(36-31-56)83(4,5)6)57-32-46-70-73(48-57)90(72-47-41-62(86(13,14)15)49-68(72)54-24-20-19-21-25-54)74-52-66(89(64-42-37-60(38-43-64)84(7,8)9)65-44-39-61(40-45-65)85(10,11)12)53-75-78(74)88(70)71-51-63(87(16,17)18)50-69-79(71)91(75)80-67-26-22-23-27-76(67)92-81(69)80/h19-53,77H,1-18H3. The van der Waals surface area contributed by atoms with Crippen LogP contribution in [0.3, 0.4) is 0 Å². The lowest BCUT2D eigenvalue weighted by atomic mass is 9.33. The number of furan rings is 1. The van der Waals surface area contributed by atoms with Gasteiger partial charge in [0.25, 0.3) is 6.71 Å². The smallest absolute Gasteiger partial charge is 0.252 e. The molecule has 12 aromatic rings. The minimum atomic E-state index is -0.172. The molecule has 0 saturated heterocycles. The monoisotopic (exact) mass is 1200 g/mol. The average Bonchev–Trinajstić information content (AvgIpc) is 1.55. The number of benzene rings is 10. The molecular weight excluding hydrogens is 1110 g/mol. The van der Waals surface area contributed by atoms with Gasteiger partial charge >= 0.3 is 0 Å². The minimum Gasteiger partial charge on any atom is -0.454 e. The van der Waals surface area contributed by atoms with E-state index in [2.05, 4.69) is 351 Å². The van der Waals surface area contributed by atoms with Crippen molar-refractivity contribution in [2.24, 2.45) is 0 Å². The molecule has 5 heteroatoms. The molecular formula is C87H90BN3O. The first-order valence-corrected chi connectivity index (χ1v) is 33.5. The van der Waals surface area contributed by atoms with Crippen molar-refractivity contribution in [3.05, 3.63) is 262 Å². The Labute approximate surface area is 548 Å². The Hall–Kier alpha value is -8.80. The van der Waals surface area contributed by atoms with Gasteiger partial charge in [-0.3, -0.25) is 0 Å². The first-order valence-electron chi connectivity index (χ1n) is 33.5. The predicted octanol–water partition coefficient (Wildman–Crippen LogP) is 22.2. The molecule has 92 heavy (non-hydrogen) atoms. The second-order valence-corrected chi connectivity index (χ2v) is 32.8. The van der Waals surface area contributed by atoms with Crippen LogP contribution in [-0.4, -0.2) is 11.3 Å². The second kappa shape index (κ2) is 21.4. The van der Waals surface area contributed by atoms with Gasteiger partial charge in [0.05, 0.1) is 16.9 Å². The largest absolute Gasteiger partial charge is 0.454 e. The van der Waals surface area contributed by atoms with E-state index < -0.39 is 0 Å². The molecule has 0 fully saturated rings. The molecule has 0 saturated carbocycles. The topological polar surface area (TPSA) is 24.6 Å². The number of nitrogens with zero attached hydrogens (tertiary/aromatic N) is 3. The number of rotatable bonds is 8. The van der Waals surface area contributed by atoms with Crippen molar-refractivity contribution in [3.8, 4) is 16.8 Å². The molecule has 2 aromatic heterocycles. The summed E-state index contributed by atoms with van der Waals surface area (Å²) < 4.78 is 9.83. The molecule has 0 aliphatic carbocycles. The van der Waals surface area contributed by atoms with Gasteiger partial charge < -0.3 is 18.8 Å². The van der Waals surface area contributed by atoms with E-state index in [1.807, 2.05) is 0 Å². The molecule has 0 radical (unpaired) electrons. The highest BCUT2D eigenvalue weighted by molar-refractivity contribution is 7.00. The number of hydrogen-bond donors (Lipinski definition) is 0. The van der Waals surface area contributed by atoms with Crippen LogP contribution in [-0.2, 0) is 32.5 Å². The summed E-state index contributed by atoms with van der Waals surface area (Å²) in [6.07, 6.45) is 0. The molecule has 0 unspecified atom stereocenters. The van der Waals surface area contributed by atoms with Gasteiger partial charge in [0.2, 0.25) is 0 Å². The number of fused-ring (bicyclic) bond motifs is 9. The molecule has 10 aromatic carbocycles.